The molecule has 1 aliphatic carbocycles. The summed E-state index contributed by atoms with van der Waals surface area (Å²) in [6.07, 6.45) is 6.60. The fraction of sp³-hybridized carbons (Fsp3) is 0.483. The van der Waals surface area contributed by atoms with Crippen LogP contribution in [0.1, 0.15) is 95.5 Å². The van der Waals surface area contributed by atoms with Crippen molar-refractivity contribution >= 4 is 11.7 Å². The molecular formula is C29H35N5O. The summed E-state index contributed by atoms with van der Waals surface area (Å²) in [4.78, 5) is 15.7. The second kappa shape index (κ2) is 9.73. The summed E-state index contributed by atoms with van der Waals surface area (Å²) >= 11 is 0. The molecule has 2 aliphatic heterocycles. The molecular weight excluding hydrogens is 434 g/mol. The van der Waals surface area contributed by atoms with Crippen molar-refractivity contribution in [3.63, 3.8) is 0 Å². The number of rotatable bonds is 5. The molecule has 182 valence electrons. The van der Waals surface area contributed by atoms with E-state index in [0.29, 0.717) is 24.9 Å². The van der Waals surface area contributed by atoms with Gasteiger partial charge in [-0.15, -0.1) is 0 Å². The summed E-state index contributed by atoms with van der Waals surface area (Å²) in [5.74, 6) is 1.88. The maximum Gasteiger partial charge on any atom is 0.254 e. The Bertz CT molecular complexity index is 1180. The van der Waals surface area contributed by atoms with Gasteiger partial charge in [-0.05, 0) is 79.7 Å². The van der Waals surface area contributed by atoms with Crippen LogP contribution in [0.15, 0.2) is 41.5 Å². The molecule has 0 bridgehead atoms. The molecule has 2 heterocycles. The first-order valence-electron chi connectivity index (χ1n) is 13.0. The highest BCUT2D eigenvalue weighted by Gasteiger charge is 2.31. The minimum atomic E-state index is 0.106. The zero-order valence-electron chi connectivity index (χ0n) is 21.1. The van der Waals surface area contributed by atoms with Gasteiger partial charge in [0.2, 0.25) is 0 Å². The Morgan fingerprint density at radius 1 is 1.11 bits per heavy atom. The van der Waals surface area contributed by atoms with Crippen LogP contribution in [-0.4, -0.2) is 48.0 Å². The molecule has 6 heteroatoms. The Labute approximate surface area is 208 Å². The summed E-state index contributed by atoms with van der Waals surface area (Å²) < 4.78 is 0. The lowest BCUT2D eigenvalue weighted by molar-refractivity contribution is 0.0712. The number of amides is 1. The molecule has 0 aromatic heterocycles. The van der Waals surface area contributed by atoms with Crippen molar-refractivity contribution in [2.75, 3.05) is 20.1 Å². The van der Waals surface area contributed by atoms with E-state index in [0.717, 1.165) is 52.9 Å². The van der Waals surface area contributed by atoms with Gasteiger partial charge >= 0.3 is 0 Å². The number of amidine groups is 1. The van der Waals surface area contributed by atoms with Crippen LogP contribution in [0.4, 0.5) is 0 Å². The number of hydrogen-bond acceptors (Lipinski definition) is 5. The first kappa shape index (κ1) is 23.4. The van der Waals surface area contributed by atoms with Crippen molar-refractivity contribution in [2.24, 2.45) is 5.10 Å². The molecule has 3 aliphatic rings. The number of carbonyl (C=O) groups excluding carboxylic acids is 1. The molecule has 1 saturated carbocycles. The van der Waals surface area contributed by atoms with Crippen molar-refractivity contribution < 1.29 is 4.79 Å². The first-order valence-corrected chi connectivity index (χ1v) is 13.0. The fourth-order valence-corrected chi connectivity index (χ4v) is 5.75. The number of nitriles is 1. The highest BCUT2D eigenvalue weighted by atomic mass is 16.2. The van der Waals surface area contributed by atoms with Crippen LogP contribution in [0.3, 0.4) is 0 Å². The first-order chi connectivity index (χ1) is 17.0. The van der Waals surface area contributed by atoms with Crippen LogP contribution >= 0.6 is 0 Å². The molecule has 5 rings (SSSR count). The molecule has 0 radical (unpaired) electrons. The number of likely N-dealkylation sites (tertiary alicyclic amines) is 1. The normalized spacial score (nSPS) is 20.7. The van der Waals surface area contributed by atoms with Gasteiger partial charge in [0, 0.05) is 31.3 Å². The van der Waals surface area contributed by atoms with Crippen molar-refractivity contribution in [3.8, 4) is 6.07 Å². The molecule has 1 unspecified atom stereocenters. The molecule has 1 amide bonds. The van der Waals surface area contributed by atoms with Gasteiger partial charge in [-0.1, -0.05) is 37.6 Å². The second-order valence-electron chi connectivity index (χ2n) is 10.2. The van der Waals surface area contributed by atoms with E-state index in [9.17, 15) is 10.1 Å². The number of hydrazone groups is 1. The fourth-order valence-electron chi connectivity index (χ4n) is 5.75. The van der Waals surface area contributed by atoms with Crippen molar-refractivity contribution in [3.05, 3.63) is 69.8 Å². The molecule has 0 spiro atoms. The van der Waals surface area contributed by atoms with Gasteiger partial charge in [0.25, 0.3) is 5.91 Å². The van der Waals surface area contributed by atoms with Crippen LogP contribution < -0.4 is 5.32 Å². The lowest BCUT2D eigenvalue weighted by Gasteiger charge is -2.33. The van der Waals surface area contributed by atoms with E-state index >= 15 is 0 Å². The highest BCUT2D eigenvalue weighted by molar-refractivity contribution is 6.04. The third kappa shape index (κ3) is 4.40. The van der Waals surface area contributed by atoms with Crippen LogP contribution in [0, 0.1) is 18.3 Å². The van der Waals surface area contributed by atoms with Gasteiger partial charge in [-0.2, -0.15) is 10.4 Å². The van der Waals surface area contributed by atoms with Crippen LogP contribution in [-0.2, 0) is 0 Å². The average molecular weight is 470 g/mol. The number of piperidine rings is 1. The zero-order valence-corrected chi connectivity index (χ0v) is 21.1. The Morgan fingerprint density at radius 2 is 1.83 bits per heavy atom. The summed E-state index contributed by atoms with van der Waals surface area (Å²) in [6.45, 7) is 5.65. The van der Waals surface area contributed by atoms with Crippen molar-refractivity contribution in [1.29, 1.82) is 5.26 Å². The predicted molar refractivity (Wildman–Crippen MR) is 138 cm³/mol. The van der Waals surface area contributed by atoms with Gasteiger partial charge in [0.15, 0.2) is 5.84 Å². The van der Waals surface area contributed by atoms with Crippen molar-refractivity contribution in [2.45, 2.75) is 70.4 Å². The number of benzene rings is 2. The number of nitrogens with one attached hydrogen (secondary N) is 1. The third-order valence-corrected chi connectivity index (χ3v) is 8.13. The standard InChI is InChI=1S/C29H35N5O/c1-4-27-31-28(32-33(27)3)26-17-24(19(2)16-25(26)20-9-7-10-20)29(35)34-14-12-21(13-15-34)23-11-6-5-8-22(23)18-30/h5-6,8,11,16-17,20-21,27H,4,7,9-10,12-15H2,1-3H3,(H,31,32). The van der Waals surface area contributed by atoms with E-state index in [1.165, 1.54) is 24.8 Å². The van der Waals surface area contributed by atoms with Crippen LogP contribution in [0.25, 0.3) is 0 Å². The van der Waals surface area contributed by atoms with Crippen LogP contribution in [0.5, 0.6) is 0 Å². The topological polar surface area (TPSA) is 71.7 Å². The van der Waals surface area contributed by atoms with Gasteiger partial charge in [0.05, 0.1) is 11.6 Å². The summed E-state index contributed by atoms with van der Waals surface area (Å²) in [5, 5.41) is 19.9. The summed E-state index contributed by atoms with van der Waals surface area (Å²) in [5.41, 5.74) is 6.12. The molecule has 1 N–H and O–H groups in total. The van der Waals surface area contributed by atoms with Gasteiger partial charge in [-0.25, -0.2) is 0 Å². The maximum atomic E-state index is 13.7. The molecule has 1 atom stereocenters. The Hall–Kier alpha value is -3.33. The SMILES string of the molecule is CCC1NC(c2cc(C(=O)N3CCC(c4ccccc4C#N)CC3)c(C)cc2C2CCC2)=NN1C. The van der Waals surface area contributed by atoms with E-state index < -0.39 is 0 Å². The molecule has 2 aromatic rings. The monoisotopic (exact) mass is 469 g/mol. The number of hydrogen-bond donors (Lipinski definition) is 1. The number of aryl methyl sites for hydroxylation is 1. The largest absolute Gasteiger partial charge is 0.347 e. The van der Waals surface area contributed by atoms with E-state index in [1.807, 2.05) is 35.2 Å². The van der Waals surface area contributed by atoms with E-state index in [-0.39, 0.29) is 12.1 Å². The van der Waals surface area contributed by atoms with E-state index in [2.05, 4.69) is 43.4 Å². The van der Waals surface area contributed by atoms with Crippen molar-refractivity contribution in [1.82, 2.24) is 15.2 Å². The minimum Gasteiger partial charge on any atom is -0.347 e. The lowest BCUT2D eigenvalue weighted by atomic mass is 9.77. The van der Waals surface area contributed by atoms with Gasteiger partial charge < -0.3 is 10.2 Å². The van der Waals surface area contributed by atoms with Crippen LogP contribution in [0.2, 0.25) is 0 Å². The zero-order chi connectivity index (χ0) is 24.5. The molecule has 35 heavy (non-hydrogen) atoms. The highest BCUT2D eigenvalue weighted by Crippen LogP contribution is 2.40. The summed E-state index contributed by atoms with van der Waals surface area (Å²) in [6, 6.07) is 14.5. The lowest BCUT2D eigenvalue weighted by Crippen LogP contribution is -2.39. The summed E-state index contributed by atoms with van der Waals surface area (Å²) in [7, 11) is 2.01. The number of carbonyl (C=O) groups is 1. The molecule has 2 aromatic carbocycles. The molecule has 6 nitrogen and oxygen atoms in total. The quantitative estimate of drug-likeness (QED) is 0.662. The van der Waals surface area contributed by atoms with Gasteiger partial charge in [-0.3, -0.25) is 9.80 Å². The number of nitrogens with zero attached hydrogens (tertiary/aromatic N) is 4. The van der Waals surface area contributed by atoms with Gasteiger partial charge in [0.1, 0.15) is 6.17 Å². The average Bonchev–Trinajstić information content (AvgIpc) is 3.23. The van der Waals surface area contributed by atoms with E-state index in [1.54, 1.807) is 0 Å². The Morgan fingerprint density at radius 3 is 2.46 bits per heavy atom. The smallest absolute Gasteiger partial charge is 0.254 e. The second-order valence-corrected chi connectivity index (χ2v) is 10.2. The predicted octanol–water partition coefficient (Wildman–Crippen LogP) is 5.09. The molecule has 2 fully saturated rings. The Balaban J connectivity index is 1.38. The minimum absolute atomic E-state index is 0.106. The Kier molecular flexibility index (Phi) is 6.51. The maximum absolute atomic E-state index is 13.7. The molecule has 1 saturated heterocycles. The third-order valence-electron chi connectivity index (χ3n) is 8.13. The van der Waals surface area contributed by atoms with E-state index in [4.69, 9.17) is 5.10 Å².